The second-order valence-electron chi connectivity index (χ2n) is 6.47. The first-order chi connectivity index (χ1) is 13.5. The fraction of sp³-hybridized carbons (Fsp3) is 0.136. The molecule has 5 nitrogen and oxygen atoms in total. The van der Waals surface area contributed by atoms with Gasteiger partial charge in [0.15, 0.2) is 0 Å². The summed E-state index contributed by atoms with van der Waals surface area (Å²) in [6.07, 6.45) is 0. The third-order valence-corrected chi connectivity index (χ3v) is 4.77. The van der Waals surface area contributed by atoms with Gasteiger partial charge < -0.3 is 20.3 Å². The molecule has 0 fully saturated rings. The molecule has 0 aliphatic carbocycles. The maximum atomic E-state index is 13.5. The van der Waals surface area contributed by atoms with Gasteiger partial charge >= 0.3 is 5.97 Å². The third kappa shape index (κ3) is 2.93. The number of phenols is 1. The number of phenolic OH excluding ortho intramolecular Hbond substituents is 1. The minimum Gasteiger partial charge on any atom is -0.508 e. The molecule has 0 saturated carbocycles. The molecular weight excluding hydrogens is 361 g/mol. The molecule has 0 radical (unpaired) electrons. The molecule has 3 aromatic carbocycles. The van der Waals surface area contributed by atoms with Crippen LogP contribution in [0.5, 0.6) is 11.5 Å². The SMILES string of the molecule is CCOC(=O)C1=C(N)Oc2ccc3ccc(O)cc3c2[C@@H]1c1ccc(F)cc1. The maximum absolute atomic E-state index is 13.5. The topological polar surface area (TPSA) is 81.8 Å². The van der Waals surface area contributed by atoms with Crippen molar-refractivity contribution in [3.05, 3.63) is 83.0 Å². The Hall–Kier alpha value is -3.54. The predicted molar refractivity (Wildman–Crippen MR) is 102 cm³/mol. The van der Waals surface area contributed by atoms with Crippen LogP contribution in [0.2, 0.25) is 0 Å². The summed E-state index contributed by atoms with van der Waals surface area (Å²) in [6.45, 7) is 1.88. The molecule has 0 bridgehead atoms. The first kappa shape index (κ1) is 17.9. The van der Waals surface area contributed by atoms with Gasteiger partial charge in [0.1, 0.15) is 22.9 Å². The number of ether oxygens (including phenoxy) is 2. The molecule has 0 unspecified atom stereocenters. The molecule has 1 aliphatic heterocycles. The summed E-state index contributed by atoms with van der Waals surface area (Å²) in [6, 6.07) is 14.4. The van der Waals surface area contributed by atoms with Crippen LogP contribution in [0.3, 0.4) is 0 Å². The number of halogens is 1. The van der Waals surface area contributed by atoms with Crippen molar-refractivity contribution >= 4 is 16.7 Å². The summed E-state index contributed by atoms with van der Waals surface area (Å²) in [7, 11) is 0. The molecule has 28 heavy (non-hydrogen) atoms. The summed E-state index contributed by atoms with van der Waals surface area (Å²) >= 11 is 0. The largest absolute Gasteiger partial charge is 0.508 e. The Bertz CT molecular complexity index is 1110. The van der Waals surface area contributed by atoms with Crippen molar-refractivity contribution in [3.8, 4) is 11.5 Å². The first-order valence-electron chi connectivity index (χ1n) is 8.85. The average molecular weight is 379 g/mol. The van der Waals surface area contributed by atoms with Crippen LogP contribution in [-0.2, 0) is 9.53 Å². The zero-order valence-electron chi connectivity index (χ0n) is 15.1. The van der Waals surface area contributed by atoms with Crippen molar-refractivity contribution in [3.63, 3.8) is 0 Å². The third-order valence-electron chi connectivity index (χ3n) is 4.77. The van der Waals surface area contributed by atoms with Crippen molar-refractivity contribution in [1.82, 2.24) is 0 Å². The van der Waals surface area contributed by atoms with Gasteiger partial charge in [0.25, 0.3) is 0 Å². The lowest BCUT2D eigenvalue weighted by atomic mass is 9.80. The number of rotatable bonds is 3. The fourth-order valence-electron chi connectivity index (χ4n) is 3.57. The number of esters is 1. The van der Waals surface area contributed by atoms with Crippen LogP contribution in [0, 0.1) is 5.82 Å². The minimum absolute atomic E-state index is 0.0558. The van der Waals surface area contributed by atoms with Crippen molar-refractivity contribution in [2.45, 2.75) is 12.8 Å². The van der Waals surface area contributed by atoms with Gasteiger partial charge in [0.2, 0.25) is 5.88 Å². The van der Waals surface area contributed by atoms with Gasteiger partial charge in [0, 0.05) is 5.56 Å². The van der Waals surface area contributed by atoms with Gasteiger partial charge in [-0.25, -0.2) is 9.18 Å². The summed E-state index contributed by atoms with van der Waals surface area (Å²) < 4.78 is 24.5. The Morgan fingerprint density at radius 1 is 1.18 bits per heavy atom. The van der Waals surface area contributed by atoms with Crippen molar-refractivity contribution in [2.24, 2.45) is 5.73 Å². The number of carbonyl (C=O) groups excluding carboxylic acids is 1. The lowest BCUT2D eigenvalue weighted by Crippen LogP contribution is -2.27. The number of carbonyl (C=O) groups is 1. The Morgan fingerprint density at radius 2 is 1.89 bits per heavy atom. The molecular formula is C22H18FNO4. The second kappa shape index (κ2) is 6.88. The molecule has 1 atom stereocenters. The van der Waals surface area contributed by atoms with E-state index < -0.39 is 11.9 Å². The van der Waals surface area contributed by atoms with E-state index in [4.69, 9.17) is 15.2 Å². The van der Waals surface area contributed by atoms with E-state index in [0.717, 1.165) is 5.39 Å². The Kier molecular flexibility index (Phi) is 4.39. The Labute approximate surface area is 160 Å². The van der Waals surface area contributed by atoms with Crippen LogP contribution in [0.4, 0.5) is 4.39 Å². The Morgan fingerprint density at radius 3 is 2.61 bits per heavy atom. The standard InChI is InChI=1S/C22H18FNO4/c1-2-27-22(26)20-18(13-3-7-14(23)8-4-13)19-16-11-15(25)9-5-12(16)6-10-17(19)28-21(20)24/h3-11,18,25H,2,24H2,1H3/t18-/m0/s1. The van der Waals surface area contributed by atoms with E-state index in [0.29, 0.717) is 22.3 Å². The van der Waals surface area contributed by atoms with Crippen molar-refractivity contribution in [1.29, 1.82) is 0 Å². The zero-order chi connectivity index (χ0) is 19.8. The highest BCUT2D eigenvalue weighted by Gasteiger charge is 2.36. The van der Waals surface area contributed by atoms with Gasteiger partial charge in [-0.3, -0.25) is 0 Å². The van der Waals surface area contributed by atoms with Gasteiger partial charge in [-0.05, 0) is 53.6 Å². The normalized spacial score (nSPS) is 15.9. The molecule has 0 amide bonds. The van der Waals surface area contributed by atoms with E-state index in [1.807, 2.05) is 6.07 Å². The number of hydrogen-bond acceptors (Lipinski definition) is 5. The zero-order valence-corrected chi connectivity index (χ0v) is 15.1. The molecule has 0 saturated heterocycles. The molecule has 3 aromatic rings. The van der Waals surface area contributed by atoms with Gasteiger partial charge in [0.05, 0.1) is 12.5 Å². The summed E-state index contributed by atoms with van der Waals surface area (Å²) in [5, 5.41) is 11.6. The van der Waals surface area contributed by atoms with Gasteiger partial charge in [-0.1, -0.05) is 24.3 Å². The lowest BCUT2D eigenvalue weighted by molar-refractivity contribution is -0.139. The first-order valence-corrected chi connectivity index (χ1v) is 8.85. The molecule has 6 heteroatoms. The highest BCUT2D eigenvalue weighted by molar-refractivity contribution is 5.97. The maximum Gasteiger partial charge on any atom is 0.340 e. The number of nitrogens with two attached hydrogens (primary N) is 1. The van der Waals surface area contributed by atoms with Crippen LogP contribution in [0.15, 0.2) is 66.1 Å². The average Bonchev–Trinajstić information content (AvgIpc) is 2.67. The molecule has 1 aliphatic rings. The highest BCUT2D eigenvalue weighted by atomic mass is 19.1. The lowest BCUT2D eigenvalue weighted by Gasteiger charge is -2.29. The van der Waals surface area contributed by atoms with Crippen molar-refractivity contribution < 1.29 is 23.8 Å². The van der Waals surface area contributed by atoms with Gasteiger partial charge in [-0.15, -0.1) is 0 Å². The highest BCUT2D eigenvalue weighted by Crippen LogP contribution is 2.46. The number of aromatic hydroxyl groups is 1. The van der Waals surface area contributed by atoms with Crippen LogP contribution in [-0.4, -0.2) is 17.7 Å². The van der Waals surface area contributed by atoms with Crippen LogP contribution in [0.1, 0.15) is 24.0 Å². The monoisotopic (exact) mass is 379 g/mol. The molecule has 1 heterocycles. The van der Waals surface area contributed by atoms with E-state index in [1.54, 1.807) is 43.3 Å². The predicted octanol–water partition coefficient (Wildman–Crippen LogP) is 3.94. The van der Waals surface area contributed by atoms with Gasteiger partial charge in [-0.2, -0.15) is 0 Å². The molecule has 4 rings (SSSR count). The van der Waals surface area contributed by atoms with Crippen LogP contribution in [0.25, 0.3) is 10.8 Å². The van der Waals surface area contributed by atoms with E-state index in [-0.39, 0.29) is 29.6 Å². The molecule has 142 valence electrons. The van der Waals surface area contributed by atoms with E-state index in [1.165, 1.54) is 12.1 Å². The quantitative estimate of drug-likeness (QED) is 0.674. The number of benzene rings is 3. The number of hydrogen-bond donors (Lipinski definition) is 2. The fourth-order valence-corrected chi connectivity index (χ4v) is 3.57. The summed E-state index contributed by atoms with van der Waals surface area (Å²) in [5.74, 6) is -1.12. The summed E-state index contributed by atoms with van der Waals surface area (Å²) in [4.78, 5) is 12.7. The summed E-state index contributed by atoms with van der Waals surface area (Å²) in [5.41, 5.74) is 7.56. The van der Waals surface area contributed by atoms with E-state index in [9.17, 15) is 14.3 Å². The second-order valence-corrected chi connectivity index (χ2v) is 6.47. The van der Waals surface area contributed by atoms with E-state index >= 15 is 0 Å². The molecule has 3 N–H and O–H groups in total. The molecule has 0 aromatic heterocycles. The minimum atomic E-state index is -0.631. The van der Waals surface area contributed by atoms with E-state index in [2.05, 4.69) is 0 Å². The number of fused-ring (bicyclic) bond motifs is 3. The molecule has 0 spiro atoms. The smallest absolute Gasteiger partial charge is 0.340 e. The van der Waals surface area contributed by atoms with Crippen LogP contribution < -0.4 is 10.5 Å². The van der Waals surface area contributed by atoms with Crippen LogP contribution >= 0.6 is 0 Å². The Balaban J connectivity index is 2.03. The van der Waals surface area contributed by atoms with Crippen molar-refractivity contribution in [2.75, 3.05) is 6.61 Å².